The van der Waals surface area contributed by atoms with Gasteiger partial charge in [-0.25, -0.2) is 4.98 Å². The smallest absolute Gasteiger partial charge is 0.198 e. The molecule has 0 aliphatic heterocycles. The van der Waals surface area contributed by atoms with Crippen molar-refractivity contribution in [2.45, 2.75) is 40.2 Å². The molecule has 2 rings (SSSR count). The zero-order valence-electron chi connectivity index (χ0n) is 9.16. The van der Waals surface area contributed by atoms with Crippen molar-refractivity contribution in [1.82, 2.24) is 4.98 Å². The molecule has 0 amide bonds. The fraction of sp³-hybridized carbons (Fsp3) is 0.727. The van der Waals surface area contributed by atoms with E-state index in [1.54, 1.807) is 6.20 Å². The lowest BCUT2D eigenvalue weighted by Crippen LogP contribution is -1.95. The molecule has 0 spiro atoms. The van der Waals surface area contributed by atoms with Gasteiger partial charge in [0.25, 0.3) is 0 Å². The topological polar surface area (TPSA) is 46.3 Å². The van der Waals surface area contributed by atoms with Crippen molar-refractivity contribution in [2.24, 2.45) is 10.8 Å². The van der Waals surface area contributed by atoms with Gasteiger partial charge in [0.05, 0.1) is 6.20 Å². The Bertz CT molecular complexity index is 338. The maximum Gasteiger partial charge on any atom is 0.198 e. The highest BCUT2D eigenvalue weighted by atomic mass is 16.4. The molecule has 1 aromatic heterocycles. The molecule has 0 radical (unpaired) electrons. The van der Waals surface area contributed by atoms with Crippen molar-refractivity contribution in [3.8, 4) is 0 Å². The largest absolute Gasteiger partial charge is 0.443 e. The van der Waals surface area contributed by atoms with Crippen LogP contribution in [0.25, 0.3) is 0 Å². The Morgan fingerprint density at radius 3 is 2.29 bits per heavy atom. The van der Waals surface area contributed by atoms with Crippen LogP contribution < -0.4 is 0 Å². The molecule has 1 aliphatic carbocycles. The molecule has 1 N–H and O–H groups in total. The van der Waals surface area contributed by atoms with Crippen molar-refractivity contribution in [2.75, 3.05) is 0 Å². The van der Waals surface area contributed by atoms with Gasteiger partial charge in [-0.2, -0.15) is 0 Å². The normalized spacial score (nSPS) is 23.8. The number of aliphatic hydroxyl groups excluding tert-OH is 1. The molecule has 1 saturated carbocycles. The first-order chi connectivity index (χ1) is 6.41. The van der Waals surface area contributed by atoms with Crippen molar-refractivity contribution < 1.29 is 9.52 Å². The number of hydrogen-bond donors (Lipinski definition) is 1. The van der Waals surface area contributed by atoms with Gasteiger partial charge in [0, 0.05) is 5.92 Å². The summed E-state index contributed by atoms with van der Waals surface area (Å²) in [4.78, 5) is 4.21. The van der Waals surface area contributed by atoms with Crippen LogP contribution in [-0.2, 0) is 6.61 Å². The first-order valence-electron chi connectivity index (χ1n) is 4.96. The van der Waals surface area contributed by atoms with Gasteiger partial charge >= 0.3 is 0 Å². The van der Waals surface area contributed by atoms with E-state index in [0.717, 1.165) is 5.89 Å². The molecule has 14 heavy (non-hydrogen) atoms. The molecule has 0 atom stereocenters. The average molecular weight is 195 g/mol. The van der Waals surface area contributed by atoms with Crippen LogP contribution in [0, 0.1) is 10.8 Å². The summed E-state index contributed by atoms with van der Waals surface area (Å²) in [5.74, 6) is 1.69. The Labute approximate surface area is 84.2 Å². The lowest BCUT2D eigenvalue weighted by molar-refractivity contribution is 0.242. The van der Waals surface area contributed by atoms with E-state index in [2.05, 4.69) is 32.7 Å². The summed E-state index contributed by atoms with van der Waals surface area (Å²) in [6, 6.07) is 0. The van der Waals surface area contributed by atoms with E-state index >= 15 is 0 Å². The van der Waals surface area contributed by atoms with Crippen LogP contribution in [0.4, 0.5) is 0 Å². The summed E-state index contributed by atoms with van der Waals surface area (Å²) in [5, 5.41) is 8.88. The maximum absolute atomic E-state index is 8.88. The van der Waals surface area contributed by atoms with E-state index in [9.17, 15) is 0 Å². The van der Waals surface area contributed by atoms with Crippen LogP contribution in [0.1, 0.15) is 45.3 Å². The second-order valence-corrected chi connectivity index (χ2v) is 5.20. The fourth-order valence-electron chi connectivity index (χ4n) is 2.34. The lowest BCUT2D eigenvalue weighted by Gasteiger charge is -2.03. The molecule has 1 aromatic rings. The second-order valence-electron chi connectivity index (χ2n) is 5.20. The summed E-state index contributed by atoms with van der Waals surface area (Å²) in [6.45, 7) is 8.82. The number of oxazole rings is 1. The van der Waals surface area contributed by atoms with Crippen LogP contribution in [-0.4, -0.2) is 10.1 Å². The van der Waals surface area contributed by atoms with E-state index in [-0.39, 0.29) is 17.4 Å². The Hall–Kier alpha value is -0.830. The van der Waals surface area contributed by atoms with Crippen molar-refractivity contribution in [3.63, 3.8) is 0 Å². The Morgan fingerprint density at radius 1 is 1.36 bits per heavy atom. The van der Waals surface area contributed by atoms with Gasteiger partial charge < -0.3 is 9.52 Å². The number of nitrogens with zero attached hydrogens (tertiary/aromatic N) is 1. The monoisotopic (exact) mass is 195 g/mol. The summed E-state index contributed by atoms with van der Waals surface area (Å²) >= 11 is 0. The van der Waals surface area contributed by atoms with Crippen LogP contribution in [0.3, 0.4) is 0 Å². The first kappa shape index (κ1) is 9.71. The van der Waals surface area contributed by atoms with Gasteiger partial charge in [0.15, 0.2) is 5.89 Å². The van der Waals surface area contributed by atoms with Crippen LogP contribution in [0.5, 0.6) is 0 Å². The van der Waals surface area contributed by atoms with Gasteiger partial charge in [0.2, 0.25) is 0 Å². The van der Waals surface area contributed by atoms with Crippen molar-refractivity contribution in [1.29, 1.82) is 0 Å². The molecule has 78 valence electrons. The van der Waals surface area contributed by atoms with E-state index in [4.69, 9.17) is 9.52 Å². The van der Waals surface area contributed by atoms with Gasteiger partial charge in [0.1, 0.15) is 12.4 Å². The Morgan fingerprint density at radius 2 is 1.93 bits per heavy atom. The summed E-state index contributed by atoms with van der Waals surface area (Å²) in [6.07, 6.45) is 1.61. The van der Waals surface area contributed by atoms with E-state index < -0.39 is 0 Å². The second kappa shape index (κ2) is 2.60. The van der Waals surface area contributed by atoms with Gasteiger partial charge in [-0.3, -0.25) is 0 Å². The molecule has 1 fully saturated rings. The first-order valence-corrected chi connectivity index (χ1v) is 4.96. The minimum Gasteiger partial charge on any atom is -0.443 e. The minimum atomic E-state index is -0.0689. The predicted octanol–water partition coefficient (Wildman–Crippen LogP) is 2.32. The van der Waals surface area contributed by atoms with Crippen LogP contribution in [0.15, 0.2) is 10.6 Å². The van der Waals surface area contributed by atoms with Crippen LogP contribution in [0.2, 0.25) is 0 Å². The molecule has 1 heterocycles. The third kappa shape index (κ3) is 1.05. The Kier molecular flexibility index (Phi) is 1.80. The van der Waals surface area contributed by atoms with Crippen molar-refractivity contribution in [3.05, 3.63) is 17.8 Å². The highest BCUT2D eigenvalue weighted by Gasteiger charge is 2.67. The maximum atomic E-state index is 8.88. The van der Waals surface area contributed by atoms with E-state index in [1.165, 1.54) is 0 Å². The third-order valence-corrected chi connectivity index (χ3v) is 3.99. The van der Waals surface area contributed by atoms with Crippen molar-refractivity contribution >= 4 is 0 Å². The zero-order valence-corrected chi connectivity index (χ0v) is 9.16. The number of aliphatic hydroxyl groups is 1. The predicted molar refractivity (Wildman–Crippen MR) is 52.7 cm³/mol. The van der Waals surface area contributed by atoms with E-state index in [0.29, 0.717) is 11.7 Å². The number of hydrogen-bond acceptors (Lipinski definition) is 3. The van der Waals surface area contributed by atoms with Gasteiger partial charge in [-0.15, -0.1) is 0 Å². The standard InChI is InChI=1S/C11H17NO2/c1-10(2)8(11(10,3)4)9-12-5-7(6-13)14-9/h5,8,13H,6H2,1-4H3. The minimum absolute atomic E-state index is 0.0689. The van der Waals surface area contributed by atoms with E-state index in [1.807, 2.05) is 0 Å². The lowest BCUT2D eigenvalue weighted by atomic mass is 10.0. The molecule has 3 nitrogen and oxygen atoms in total. The average Bonchev–Trinajstić information content (AvgIpc) is 2.51. The quantitative estimate of drug-likeness (QED) is 0.787. The molecular formula is C11H17NO2. The third-order valence-electron chi connectivity index (χ3n) is 3.99. The molecule has 3 heteroatoms. The molecule has 0 unspecified atom stereocenters. The number of rotatable bonds is 2. The molecular weight excluding hydrogens is 178 g/mol. The molecule has 1 aliphatic rings. The summed E-state index contributed by atoms with van der Waals surface area (Å²) < 4.78 is 5.47. The molecule has 0 bridgehead atoms. The molecule has 0 saturated heterocycles. The number of aromatic nitrogens is 1. The molecule has 0 aromatic carbocycles. The summed E-state index contributed by atoms with van der Waals surface area (Å²) in [7, 11) is 0. The van der Waals surface area contributed by atoms with Gasteiger partial charge in [-0.05, 0) is 10.8 Å². The zero-order chi connectivity index (χ0) is 10.6. The highest BCUT2D eigenvalue weighted by Crippen LogP contribution is 2.73. The highest BCUT2D eigenvalue weighted by molar-refractivity contribution is 5.25. The Balaban J connectivity index is 2.27. The summed E-state index contributed by atoms with van der Waals surface area (Å²) in [5.41, 5.74) is 0.481. The fourth-order valence-corrected chi connectivity index (χ4v) is 2.34. The SMILES string of the molecule is CC1(C)C(c2ncc(CO)o2)C1(C)C. The van der Waals surface area contributed by atoms with Gasteiger partial charge in [-0.1, -0.05) is 27.7 Å². The van der Waals surface area contributed by atoms with Crippen LogP contribution >= 0.6 is 0 Å².